The summed E-state index contributed by atoms with van der Waals surface area (Å²) in [5.74, 6) is -0.875. The van der Waals surface area contributed by atoms with Crippen LogP contribution in [0.25, 0.3) is 0 Å². The molecule has 0 aliphatic carbocycles. The van der Waals surface area contributed by atoms with Crippen molar-refractivity contribution in [3.8, 4) is 5.75 Å². The highest BCUT2D eigenvalue weighted by Crippen LogP contribution is 2.19. The van der Waals surface area contributed by atoms with Gasteiger partial charge in [0, 0.05) is 19.8 Å². The van der Waals surface area contributed by atoms with Gasteiger partial charge in [-0.15, -0.1) is 0 Å². The number of carbonyl (C=O) groups excluding carboxylic acids is 3. The Hall–Kier alpha value is -3.35. The highest BCUT2D eigenvalue weighted by atomic mass is 16.5. The van der Waals surface area contributed by atoms with E-state index in [4.69, 9.17) is 10.5 Å². The molecule has 0 heterocycles. The molecule has 0 aliphatic rings. The SMILES string of the molecule is COc1ccccc1C[C@H](NC(=O)[C@H](Cc1ccccc1)NC(C)=O)C(N)=O. The summed E-state index contributed by atoms with van der Waals surface area (Å²) in [4.78, 5) is 36.2. The van der Waals surface area contributed by atoms with Gasteiger partial charge in [0.25, 0.3) is 0 Å². The van der Waals surface area contributed by atoms with Crippen LogP contribution < -0.4 is 21.1 Å². The van der Waals surface area contributed by atoms with E-state index in [0.717, 1.165) is 11.1 Å². The number of para-hydroxylation sites is 1. The van der Waals surface area contributed by atoms with E-state index in [1.807, 2.05) is 42.5 Å². The van der Waals surface area contributed by atoms with E-state index in [-0.39, 0.29) is 12.3 Å². The second-order valence-corrected chi connectivity index (χ2v) is 6.42. The molecule has 2 rings (SSSR count). The third kappa shape index (κ3) is 6.12. The van der Waals surface area contributed by atoms with Gasteiger partial charge >= 0.3 is 0 Å². The lowest BCUT2D eigenvalue weighted by Crippen LogP contribution is -2.54. The van der Waals surface area contributed by atoms with Gasteiger partial charge in [0.2, 0.25) is 17.7 Å². The van der Waals surface area contributed by atoms with Crippen molar-refractivity contribution in [2.75, 3.05) is 7.11 Å². The Labute approximate surface area is 164 Å². The maximum absolute atomic E-state index is 12.8. The lowest BCUT2D eigenvalue weighted by molar-refractivity contribution is -0.130. The fourth-order valence-corrected chi connectivity index (χ4v) is 2.89. The number of ether oxygens (including phenoxy) is 1. The van der Waals surface area contributed by atoms with Crippen LogP contribution in [0.5, 0.6) is 5.75 Å². The Kier molecular flexibility index (Phi) is 7.56. The van der Waals surface area contributed by atoms with Gasteiger partial charge in [-0.25, -0.2) is 0 Å². The van der Waals surface area contributed by atoms with Crippen LogP contribution in [-0.2, 0) is 27.2 Å². The van der Waals surface area contributed by atoms with Crippen LogP contribution in [0.4, 0.5) is 0 Å². The van der Waals surface area contributed by atoms with Crippen molar-refractivity contribution in [2.45, 2.75) is 31.8 Å². The summed E-state index contributed by atoms with van der Waals surface area (Å²) in [5, 5.41) is 5.29. The number of primary amides is 1. The Bertz CT molecular complexity index is 823. The summed E-state index contributed by atoms with van der Waals surface area (Å²) in [5.41, 5.74) is 7.13. The predicted molar refractivity (Wildman–Crippen MR) is 106 cm³/mol. The summed E-state index contributed by atoms with van der Waals surface area (Å²) < 4.78 is 5.29. The van der Waals surface area contributed by atoms with Crippen LogP contribution in [0.3, 0.4) is 0 Å². The zero-order valence-electron chi connectivity index (χ0n) is 16.0. The summed E-state index contributed by atoms with van der Waals surface area (Å²) >= 11 is 0. The molecule has 148 valence electrons. The van der Waals surface area contributed by atoms with Gasteiger partial charge in [0.1, 0.15) is 17.8 Å². The van der Waals surface area contributed by atoms with Crippen LogP contribution in [0.15, 0.2) is 54.6 Å². The molecule has 0 saturated heterocycles. The summed E-state index contributed by atoms with van der Waals surface area (Å²) in [6, 6.07) is 14.7. The number of benzene rings is 2. The van der Waals surface area contributed by atoms with E-state index in [1.54, 1.807) is 12.1 Å². The number of rotatable bonds is 9. The van der Waals surface area contributed by atoms with Crippen LogP contribution in [0, 0.1) is 0 Å². The molecule has 0 fully saturated rings. The molecule has 0 unspecified atom stereocenters. The van der Waals surface area contributed by atoms with Gasteiger partial charge in [0.05, 0.1) is 7.11 Å². The maximum atomic E-state index is 12.8. The summed E-state index contributed by atoms with van der Waals surface area (Å²) in [6.07, 6.45) is 0.482. The van der Waals surface area contributed by atoms with E-state index in [1.165, 1.54) is 14.0 Å². The van der Waals surface area contributed by atoms with Gasteiger partial charge in [0.15, 0.2) is 0 Å². The molecule has 0 saturated carbocycles. The van der Waals surface area contributed by atoms with E-state index < -0.39 is 23.9 Å². The Morgan fingerprint density at radius 3 is 2.18 bits per heavy atom. The quantitative estimate of drug-likeness (QED) is 0.599. The van der Waals surface area contributed by atoms with Gasteiger partial charge in [-0.3, -0.25) is 14.4 Å². The first-order chi connectivity index (χ1) is 13.4. The highest BCUT2D eigenvalue weighted by Gasteiger charge is 2.26. The van der Waals surface area contributed by atoms with Crippen molar-refractivity contribution >= 4 is 17.7 Å². The van der Waals surface area contributed by atoms with Crippen molar-refractivity contribution in [2.24, 2.45) is 5.73 Å². The molecule has 28 heavy (non-hydrogen) atoms. The first-order valence-electron chi connectivity index (χ1n) is 8.93. The van der Waals surface area contributed by atoms with Gasteiger partial charge < -0.3 is 21.1 Å². The molecule has 3 amide bonds. The van der Waals surface area contributed by atoms with Crippen molar-refractivity contribution < 1.29 is 19.1 Å². The minimum Gasteiger partial charge on any atom is -0.496 e. The monoisotopic (exact) mass is 383 g/mol. The molecule has 7 heteroatoms. The van der Waals surface area contributed by atoms with Gasteiger partial charge in [-0.05, 0) is 17.2 Å². The number of nitrogens with one attached hydrogen (secondary N) is 2. The Balaban J connectivity index is 2.15. The largest absolute Gasteiger partial charge is 0.496 e. The normalized spacial score (nSPS) is 12.5. The van der Waals surface area contributed by atoms with Crippen molar-refractivity contribution in [1.29, 1.82) is 0 Å². The third-order valence-electron chi connectivity index (χ3n) is 4.25. The van der Waals surface area contributed by atoms with Crippen molar-refractivity contribution in [1.82, 2.24) is 10.6 Å². The number of carbonyl (C=O) groups is 3. The van der Waals surface area contributed by atoms with Crippen molar-refractivity contribution in [3.05, 3.63) is 65.7 Å². The Morgan fingerprint density at radius 2 is 1.57 bits per heavy atom. The van der Waals surface area contributed by atoms with Crippen LogP contribution in [-0.4, -0.2) is 36.9 Å². The third-order valence-corrected chi connectivity index (χ3v) is 4.25. The number of hydrogen-bond donors (Lipinski definition) is 3. The van der Waals surface area contributed by atoms with Crippen LogP contribution in [0.2, 0.25) is 0 Å². The van der Waals surface area contributed by atoms with Crippen molar-refractivity contribution in [3.63, 3.8) is 0 Å². The molecule has 0 aromatic heterocycles. The molecular weight excluding hydrogens is 358 g/mol. The summed E-state index contributed by atoms with van der Waals surface area (Å²) in [6.45, 7) is 1.34. The minimum absolute atomic E-state index is 0.184. The average Bonchev–Trinajstić information content (AvgIpc) is 2.67. The van der Waals surface area contributed by atoms with Crippen LogP contribution in [0.1, 0.15) is 18.1 Å². The smallest absolute Gasteiger partial charge is 0.243 e. The molecule has 2 atom stereocenters. The lowest BCUT2D eigenvalue weighted by atomic mass is 10.0. The highest BCUT2D eigenvalue weighted by molar-refractivity contribution is 5.91. The number of methoxy groups -OCH3 is 1. The average molecular weight is 383 g/mol. The van der Waals surface area contributed by atoms with E-state index in [9.17, 15) is 14.4 Å². The second kappa shape index (κ2) is 10.1. The van der Waals surface area contributed by atoms with E-state index in [2.05, 4.69) is 10.6 Å². The second-order valence-electron chi connectivity index (χ2n) is 6.42. The number of amides is 3. The van der Waals surface area contributed by atoms with Crippen LogP contribution >= 0.6 is 0 Å². The summed E-state index contributed by atoms with van der Waals surface area (Å²) in [7, 11) is 1.53. The molecular formula is C21H25N3O4. The van der Waals surface area contributed by atoms with E-state index >= 15 is 0 Å². The lowest BCUT2D eigenvalue weighted by Gasteiger charge is -2.22. The zero-order valence-corrected chi connectivity index (χ0v) is 16.0. The molecule has 7 nitrogen and oxygen atoms in total. The zero-order chi connectivity index (χ0) is 20.5. The minimum atomic E-state index is -0.934. The molecule has 2 aromatic rings. The molecule has 0 aliphatic heterocycles. The standard InChI is InChI=1S/C21H25N3O4/c1-14(25)23-18(12-15-8-4-3-5-9-15)21(27)24-17(20(22)26)13-16-10-6-7-11-19(16)28-2/h3-11,17-18H,12-13H2,1-2H3,(H2,22,26)(H,23,25)(H,24,27)/t17-,18-/m0/s1. The topological polar surface area (TPSA) is 111 Å². The molecule has 2 aromatic carbocycles. The fourth-order valence-electron chi connectivity index (χ4n) is 2.89. The molecule has 4 N–H and O–H groups in total. The molecule has 0 radical (unpaired) electrons. The maximum Gasteiger partial charge on any atom is 0.243 e. The predicted octanol–water partition coefficient (Wildman–Crippen LogP) is 0.955. The molecule has 0 spiro atoms. The Morgan fingerprint density at radius 1 is 0.929 bits per heavy atom. The first kappa shape index (κ1) is 21.0. The van der Waals surface area contributed by atoms with Gasteiger partial charge in [-0.1, -0.05) is 48.5 Å². The first-order valence-corrected chi connectivity index (χ1v) is 8.93. The number of nitrogens with two attached hydrogens (primary N) is 1. The van der Waals surface area contributed by atoms with E-state index in [0.29, 0.717) is 12.2 Å². The fraction of sp³-hybridized carbons (Fsp3) is 0.286. The number of hydrogen-bond acceptors (Lipinski definition) is 4. The van der Waals surface area contributed by atoms with Gasteiger partial charge in [-0.2, -0.15) is 0 Å². The molecule has 0 bridgehead atoms.